The van der Waals surface area contributed by atoms with Crippen molar-refractivity contribution in [3.05, 3.63) is 0 Å². The summed E-state index contributed by atoms with van der Waals surface area (Å²) in [5.74, 6) is 0. The van der Waals surface area contributed by atoms with Crippen molar-refractivity contribution >= 4 is 24.7 Å². The fourth-order valence-electron chi connectivity index (χ4n) is 0.224. The molecule has 0 saturated heterocycles. The van der Waals surface area contributed by atoms with E-state index < -0.39 is 7.37 Å². The monoisotopic (exact) mass is 152 g/mol. The quantitative estimate of drug-likeness (QED) is 0.450. The summed E-state index contributed by atoms with van der Waals surface area (Å²) in [6.07, 6.45) is 0.812. The van der Waals surface area contributed by atoms with Crippen LogP contribution in [0.2, 0.25) is 0 Å². The molecule has 0 aliphatic carbocycles. The Bertz CT molecular complexity index is 86.0. The standard InChI is InChI=1S/C4H11O2P.Al.3H/c1-3-7(5,6)4-2;;;;/h3-4H2,1-2H3,(H,5,6);;;;. The van der Waals surface area contributed by atoms with Gasteiger partial charge in [0.1, 0.15) is 0 Å². The Morgan fingerprint density at radius 2 is 1.62 bits per heavy atom. The van der Waals surface area contributed by atoms with Crippen molar-refractivity contribution < 1.29 is 9.46 Å². The molecule has 8 heavy (non-hydrogen) atoms. The SMILES string of the molecule is CCP(=O)(O)CC.[AlH3]. The first-order valence-electron chi connectivity index (χ1n) is 2.43. The lowest BCUT2D eigenvalue weighted by molar-refractivity contribution is 0.481. The van der Waals surface area contributed by atoms with E-state index in [1.807, 2.05) is 0 Å². The zero-order chi connectivity index (χ0) is 5.91. The lowest BCUT2D eigenvalue weighted by atomic mass is 11.0. The number of hydrogen-bond donors (Lipinski definition) is 1. The van der Waals surface area contributed by atoms with Crippen LogP contribution in [-0.4, -0.2) is 34.6 Å². The molecule has 0 bridgehead atoms. The van der Waals surface area contributed by atoms with Crippen molar-refractivity contribution in [3.63, 3.8) is 0 Å². The molecule has 4 heteroatoms. The first kappa shape index (κ1) is 11.5. The van der Waals surface area contributed by atoms with Gasteiger partial charge in [0, 0.05) is 12.3 Å². The Morgan fingerprint density at radius 1 is 1.38 bits per heavy atom. The summed E-state index contributed by atoms with van der Waals surface area (Å²) in [5, 5.41) is 0. The molecule has 0 aromatic heterocycles. The minimum atomic E-state index is -2.65. The molecule has 0 atom stereocenters. The summed E-state index contributed by atoms with van der Waals surface area (Å²) in [6.45, 7) is 3.45. The molecule has 0 aliphatic heterocycles. The van der Waals surface area contributed by atoms with Crippen molar-refractivity contribution in [1.29, 1.82) is 0 Å². The maximum atomic E-state index is 10.5. The summed E-state index contributed by atoms with van der Waals surface area (Å²) in [6, 6.07) is 0. The average Bonchev–Trinajstić information content (AvgIpc) is 1.68. The predicted octanol–water partition coefficient (Wildman–Crippen LogP) is 0.113. The zero-order valence-corrected chi connectivity index (χ0v) is 5.61. The molecule has 0 spiro atoms. The second-order valence-electron chi connectivity index (χ2n) is 1.48. The third-order valence-electron chi connectivity index (χ3n) is 0.988. The Morgan fingerprint density at radius 3 is 1.62 bits per heavy atom. The van der Waals surface area contributed by atoms with Crippen LogP contribution < -0.4 is 0 Å². The van der Waals surface area contributed by atoms with Crippen LogP contribution in [0, 0.1) is 0 Å². The van der Waals surface area contributed by atoms with E-state index in [1.165, 1.54) is 0 Å². The van der Waals surface area contributed by atoms with Crippen molar-refractivity contribution in [2.24, 2.45) is 0 Å². The van der Waals surface area contributed by atoms with Gasteiger partial charge in [0.05, 0.1) is 0 Å². The largest absolute Gasteiger partial charge is 0.344 e. The predicted molar refractivity (Wildman–Crippen MR) is 40.8 cm³/mol. The van der Waals surface area contributed by atoms with Crippen molar-refractivity contribution in [1.82, 2.24) is 0 Å². The fraction of sp³-hybridized carbons (Fsp3) is 1.00. The molecule has 50 valence electrons. The highest BCUT2D eigenvalue weighted by Gasteiger charge is 2.08. The van der Waals surface area contributed by atoms with Crippen molar-refractivity contribution in [3.8, 4) is 0 Å². The van der Waals surface area contributed by atoms with Crippen LogP contribution in [0.3, 0.4) is 0 Å². The zero-order valence-electron chi connectivity index (χ0n) is 4.72. The fourth-order valence-corrected chi connectivity index (χ4v) is 0.671. The highest BCUT2D eigenvalue weighted by Crippen LogP contribution is 2.38. The van der Waals surface area contributed by atoms with Gasteiger partial charge in [-0.25, -0.2) is 0 Å². The van der Waals surface area contributed by atoms with Gasteiger partial charge in [0.25, 0.3) is 0 Å². The summed E-state index contributed by atoms with van der Waals surface area (Å²) in [5.41, 5.74) is 0. The Balaban J connectivity index is 0. The van der Waals surface area contributed by atoms with Crippen molar-refractivity contribution in [2.45, 2.75) is 13.8 Å². The first-order valence-corrected chi connectivity index (χ1v) is 4.46. The van der Waals surface area contributed by atoms with Gasteiger partial charge in [0.15, 0.2) is 24.7 Å². The Hall–Kier alpha value is 0.722. The lowest BCUT2D eigenvalue weighted by Gasteiger charge is -2.01. The van der Waals surface area contributed by atoms with Gasteiger partial charge in [-0.3, -0.25) is 4.57 Å². The second kappa shape index (κ2) is 4.59. The topological polar surface area (TPSA) is 37.3 Å². The van der Waals surface area contributed by atoms with Crippen LogP contribution in [-0.2, 0) is 4.57 Å². The third-order valence-corrected chi connectivity index (χ3v) is 2.96. The Kier molecular flexibility index (Phi) is 6.60. The van der Waals surface area contributed by atoms with Gasteiger partial charge in [-0.15, -0.1) is 0 Å². The van der Waals surface area contributed by atoms with Crippen LogP contribution in [0.15, 0.2) is 0 Å². The summed E-state index contributed by atoms with van der Waals surface area (Å²) in [4.78, 5) is 8.69. The van der Waals surface area contributed by atoms with Gasteiger partial charge >= 0.3 is 0 Å². The minimum absolute atomic E-state index is 0. The van der Waals surface area contributed by atoms with Gasteiger partial charge < -0.3 is 4.89 Å². The molecule has 0 heterocycles. The molecule has 0 aromatic rings. The van der Waals surface area contributed by atoms with E-state index in [-0.39, 0.29) is 17.4 Å². The molecule has 0 amide bonds. The van der Waals surface area contributed by atoms with E-state index in [9.17, 15) is 4.57 Å². The second-order valence-corrected chi connectivity index (χ2v) is 4.44. The summed E-state index contributed by atoms with van der Waals surface area (Å²) >= 11 is 0. The number of hydrogen-bond acceptors (Lipinski definition) is 1. The van der Waals surface area contributed by atoms with Gasteiger partial charge in [0.2, 0.25) is 0 Å². The van der Waals surface area contributed by atoms with E-state index >= 15 is 0 Å². The van der Waals surface area contributed by atoms with Gasteiger partial charge in [-0.1, -0.05) is 13.8 Å². The molecule has 0 fully saturated rings. The molecular weight excluding hydrogens is 138 g/mol. The number of rotatable bonds is 2. The highest BCUT2D eigenvalue weighted by atomic mass is 31.2. The van der Waals surface area contributed by atoms with Gasteiger partial charge in [-0.05, 0) is 0 Å². The van der Waals surface area contributed by atoms with Crippen LogP contribution in [0.25, 0.3) is 0 Å². The normalized spacial score (nSPS) is 10.4. The lowest BCUT2D eigenvalue weighted by Crippen LogP contribution is -1.84. The minimum Gasteiger partial charge on any atom is -0.344 e. The van der Waals surface area contributed by atoms with Crippen LogP contribution in [0.5, 0.6) is 0 Å². The molecule has 2 nitrogen and oxygen atoms in total. The maximum Gasteiger partial charge on any atom is 0.200 e. The smallest absolute Gasteiger partial charge is 0.200 e. The Labute approximate surface area is 60.9 Å². The van der Waals surface area contributed by atoms with Crippen LogP contribution in [0.4, 0.5) is 0 Å². The van der Waals surface area contributed by atoms with Crippen LogP contribution >= 0.6 is 7.37 Å². The van der Waals surface area contributed by atoms with E-state index in [2.05, 4.69) is 0 Å². The van der Waals surface area contributed by atoms with E-state index in [0.717, 1.165) is 0 Å². The summed E-state index contributed by atoms with van der Waals surface area (Å²) in [7, 11) is -2.65. The van der Waals surface area contributed by atoms with Crippen molar-refractivity contribution in [2.75, 3.05) is 12.3 Å². The van der Waals surface area contributed by atoms with E-state index in [1.54, 1.807) is 13.8 Å². The van der Waals surface area contributed by atoms with Crippen LogP contribution in [0.1, 0.15) is 13.8 Å². The maximum absolute atomic E-state index is 10.5. The van der Waals surface area contributed by atoms with E-state index in [0.29, 0.717) is 12.3 Å². The third kappa shape index (κ3) is 4.87. The molecule has 0 radical (unpaired) electrons. The highest BCUT2D eigenvalue weighted by molar-refractivity contribution is 7.57. The van der Waals surface area contributed by atoms with Gasteiger partial charge in [-0.2, -0.15) is 0 Å². The van der Waals surface area contributed by atoms with E-state index in [4.69, 9.17) is 4.89 Å². The molecular formula is C4H14AlO2P. The molecule has 0 aromatic carbocycles. The molecule has 0 unspecified atom stereocenters. The molecule has 0 rings (SSSR count). The molecule has 0 aliphatic rings. The molecule has 0 saturated carbocycles. The average molecular weight is 152 g/mol. The first-order chi connectivity index (χ1) is 3.12. The summed E-state index contributed by atoms with van der Waals surface area (Å²) < 4.78 is 10.5. The molecule has 1 N–H and O–H groups in total.